The lowest BCUT2D eigenvalue weighted by Crippen LogP contribution is -2.33. The van der Waals surface area contributed by atoms with Gasteiger partial charge in [0.1, 0.15) is 0 Å². The van der Waals surface area contributed by atoms with E-state index in [1.807, 2.05) is 11.4 Å². The quantitative estimate of drug-likeness (QED) is 0.655. The van der Waals surface area contributed by atoms with Gasteiger partial charge in [-0.25, -0.2) is 4.98 Å². The number of rotatable bonds is 4. The fraction of sp³-hybridized carbons (Fsp3) is 0.467. The first-order valence-corrected chi connectivity index (χ1v) is 10.7. The second kappa shape index (κ2) is 7.74. The molecular weight excluding hydrogens is 462 g/mol. The topological polar surface area (TPSA) is 45.2 Å². The van der Waals surface area contributed by atoms with Gasteiger partial charge >= 0.3 is 0 Å². The van der Waals surface area contributed by atoms with Crippen LogP contribution in [0.2, 0.25) is 0 Å². The molecule has 1 atom stereocenters. The van der Waals surface area contributed by atoms with Crippen molar-refractivity contribution in [3.8, 4) is 0 Å². The zero-order valence-electron chi connectivity index (χ0n) is 12.6. The van der Waals surface area contributed by atoms with Crippen LogP contribution in [0.25, 0.3) is 0 Å². The van der Waals surface area contributed by atoms with Gasteiger partial charge in [-0.1, -0.05) is 6.92 Å². The second-order valence-corrected chi connectivity index (χ2v) is 9.90. The molecule has 0 saturated carbocycles. The Morgan fingerprint density at radius 3 is 3.04 bits per heavy atom. The molecule has 0 aliphatic carbocycles. The zero-order valence-corrected chi connectivity index (χ0v) is 17.4. The number of halogens is 2. The zero-order chi connectivity index (χ0) is 16.4. The first-order chi connectivity index (χ1) is 11.0. The molecular formula is C15H17Br2N3OS2. The Bertz CT molecular complexity index is 681. The van der Waals surface area contributed by atoms with Gasteiger partial charge in [0.2, 0.25) is 0 Å². The molecule has 124 valence electrons. The molecule has 8 heteroatoms. The third kappa shape index (κ3) is 4.63. The van der Waals surface area contributed by atoms with Crippen LogP contribution >= 0.6 is 54.5 Å². The molecule has 1 aliphatic heterocycles. The van der Waals surface area contributed by atoms with Gasteiger partial charge in [-0.05, 0) is 63.2 Å². The monoisotopic (exact) mass is 477 g/mol. The van der Waals surface area contributed by atoms with Gasteiger partial charge in [-0.2, -0.15) is 0 Å². The molecule has 3 rings (SSSR count). The summed E-state index contributed by atoms with van der Waals surface area (Å²) in [5.74, 6) is 0.645. The molecule has 1 aliphatic rings. The summed E-state index contributed by atoms with van der Waals surface area (Å²) in [6.07, 6.45) is 2.58. The molecule has 1 N–H and O–H groups in total. The van der Waals surface area contributed by atoms with Gasteiger partial charge in [0.25, 0.3) is 5.91 Å². The van der Waals surface area contributed by atoms with E-state index < -0.39 is 0 Å². The van der Waals surface area contributed by atoms with Crippen LogP contribution in [0.1, 0.15) is 35.1 Å². The van der Waals surface area contributed by atoms with Crippen LogP contribution in [0.15, 0.2) is 19.7 Å². The minimum atomic E-state index is -0.117. The Balaban J connectivity index is 1.59. The second-order valence-electron chi connectivity index (χ2n) is 5.81. The first kappa shape index (κ1) is 17.5. The molecule has 0 bridgehead atoms. The number of likely N-dealkylation sites (tertiary alicyclic amines) is 1. The highest BCUT2D eigenvalue weighted by Gasteiger charge is 2.18. The molecule has 2 aromatic heterocycles. The number of thiazole rings is 1. The van der Waals surface area contributed by atoms with Crippen molar-refractivity contribution >= 4 is 65.6 Å². The summed E-state index contributed by atoms with van der Waals surface area (Å²) in [7, 11) is 0. The van der Waals surface area contributed by atoms with Crippen LogP contribution in [-0.4, -0.2) is 28.9 Å². The first-order valence-electron chi connectivity index (χ1n) is 7.44. The Morgan fingerprint density at radius 1 is 1.52 bits per heavy atom. The van der Waals surface area contributed by atoms with Gasteiger partial charge in [0.15, 0.2) is 5.13 Å². The number of carbonyl (C=O) groups excluding carboxylic acids is 1. The maximum Gasteiger partial charge on any atom is 0.267 e. The predicted molar refractivity (Wildman–Crippen MR) is 103 cm³/mol. The SMILES string of the molecule is CC1CCCN(Cc2csc(NC(=O)c3cc(Br)c(Br)s3)n2)C1. The van der Waals surface area contributed by atoms with Gasteiger partial charge < -0.3 is 0 Å². The highest BCUT2D eigenvalue weighted by Crippen LogP contribution is 2.33. The van der Waals surface area contributed by atoms with E-state index in [0.717, 1.165) is 39.5 Å². The van der Waals surface area contributed by atoms with Gasteiger partial charge in [0, 0.05) is 22.9 Å². The maximum atomic E-state index is 12.2. The highest BCUT2D eigenvalue weighted by molar-refractivity contribution is 9.13. The van der Waals surface area contributed by atoms with Crippen molar-refractivity contribution in [3.63, 3.8) is 0 Å². The number of anilines is 1. The number of thiophene rings is 1. The number of hydrogen-bond acceptors (Lipinski definition) is 5. The average molecular weight is 479 g/mol. The molecule has 23 heavy (non-hydrogen) atoms. The van der Waals surface area contributed by atoms with Crippen molar-refractivity contribution in [3.05, 3.63) is 30.3 Å². The van der Waals surface area contributed by atoms with Crippen LogP contribution in [0.5, 0.6) is 0 Å². The molecule has 1 amide bonds. The lowest BCUT2D eigenvalue weighted by atomic mass is 10.0. The van der Waals surface area contributed by atoms with Crippen molar-refractivity contribution < 1.29 is 4.79 Å². The highest BCUT2D eigenvalue weighted by atomic mass is 79.9. The number of carbonyl (C=O) groups is 1. The number of amides is 1. The van der Waals surface area contributed by atoms with Crippen LogP contribution in [0.4, 0.5) is 5.13 Å². The van der Waals surface area contributed by atoms with Crippen LogP contribution < -0.4 is 5.32 Å². The van der Waals surface area contributed by atoms with Gasteiger partial charge in [-0.3, -0.25) is 15.0 Å². The Morgan fingerprint density at radius 2 is 2.35 bits per heavy atom. The molecule has 1 saturated heterocycles. The summed E-state index contributed by atoms with van der Waals surface area (Å²) >= 11 is 9.69. The van der Waals surface area contributed by atoms with Crippen molar-refractivity contribution in [2.24, 2.45) is 5.92 Å². The minimum absolute atomic E-state index is 0.117. The number of nitrogens with zero attached hydrogens (tertiary/aromatic N) is 2. The largest absolute Gasteiger partial charge is 0.297 e. The Kier molecular flexibility index (Phi) is 5.90. The van der Waals surface area contributed by atoms with Crippen LogP contribution in [0, 0.1) is 5.92 Å². The molecule has 1 fully saturated rings. The number of piperidine rings is 1. The molecule has 4 nitrogen and oxygen atoms in total. The van der Waals surface area contributed by atoms with Crippen LogP contribution in [-0.2, 0) is 6.54 Å². The van der Waals surface area contributed by atoms with Crippen molar-refractivity contribution in [1.82, 2.24) is 9.88 Å². The van der Waals surface area contributed by atoms with E-state index in [0.29, 0.717) is 10.0 Å². The van der Waals surface area contributed by atoms with Crippen molar-refractivity contribution in [2.75, 3.05) is 18.4 Å². The summed E-state index contributed by atoms with van der Waals surface area (Å²) < 4.78 is 1.81. The average Bonchev–Trinajstić information content (AvgIpc) is 3.06. The summed E-state index contributed by atoms with van der Waals surface area (Å²) in [4.78, 5) is 19.9. The van der Waals surface area contributed by atoms with Gasteiger partial charge in [-0.15, -0.1) is 22.7 Å². The maximum absolute atomic E-state index is 12.2. The summed E-state index contributed by atoms with van der Waals surface area (Å²) in [5, 5.41) is 5.58. The molecule has 2 aromatic rings. The lowest BCUT2D eigenvalue weighted by molar-refractivity contribution is 0.103. The third-order valence-corrected chi connectivity index (χ3v) is 7.83. The van der Waals surface area contributed by atoms with E-state index >= 15 is 0 Å². The normalized spacial score (nSPS) is 19.0. The summed E-state index contributed by atoms with van der Waals surface area (Å²) in [5.41, 5.74) is 1.04. The molecule has 0 spiro atoms. The molecule has 0 radical (unpaired) electrons. The predicted octanol–water partition coefficient (Wildman–Crippen LogP) is 5.21. The smallest absolute Gasteiger partial charge is 0.267 e. The van der Waals surface area contributed by atoms with E-state index in [4.69, 9.17) is 0 Å². The lowest BCUT2D eigenvalue weighted by Gasteiger charge is -2.30. The molecule has 3 heterocycles. The third-order valence-electron chi connectivity index (χ3n) is 3.77. The van der Waals surface area contributed by atoms with E-state index in [-0.39, 0.29) is 5.91 Å². The summed E-state index contributed by atoms with van der Waals surface area (Å²) in [6.45, 7) is 5.44. The van der Waals surface area contributed by atoms with E-state index in [2.05, 4.69) is 54.0 Å². The Labute approximate surface area is 160 Å². The van der Waals surface area contributed by atoms with Gasteiger partial charge in [0.05, 0.1) is 14.4 Å². The Hall–Kier alpha value is -0.280. The van der Waals surface area contributed by atoms with E-state index in [9.17, 15) is 4.79 Å². The molecule has 0 aromatic carbocycles. The minimum Gasteiger partial charge on any atom is -0.297 e. The number of aromatic nitrogens is 1. The van der Waals surface area contributed by atoms with E-state index in [1.165, 1.54) is 35.5 Å². The van der Waals surface area contributed by atoms with Crippen LogP contribution in [0.3, 0.4) is 0 Å². The fourth-order valence-electron chi connectivity index (χ4n) is 2.71. The van der Waals surface area contributed by atoms with Crippen molar-refractivity contribution in [2.45, 2.75) is 26.3 Å². The molecule has 1 unspecified atom stereocenters. The number of hydrogen-bond donors (Lipinski definition) is 1. The summed E-state index contributed by atoms with van der Waals surface area (Å²) in [6, 6.07) is 1.81. The fourth-order valence-corrected chi connectivity index (χ4v) is 5.34. The van der Waals surface area contributed by atoms with E-state index in [1.54, 1.807) is 0 Å². The van der Waals surface area contributed by atoms with Crippen molar-refractivity contribution in [1.29, 1.82) is 0 Å². The number of nitrogens with one attached hydrogen (secondary N) is 1. The standard InChI is InChI=1S/C15H17Br2N3OS2/c1-9-3-2-4-20(6-9)7-10-8-22-15(18-10)19-14(21)12-5-11(16)13(17)23-12/h5,8-9H,2-4,6-7H2,1H3,(H,18,19,21).